The lowest BCUT2D eigenvalue weighted by Gasteiger charge is -2.23. The summed E-state index contributed by atoms with van der Waals surface area (Å²) in [6, 6.07) is -19.3. The maximum absolute atomic E-state index is 13.2. The SMILES string of the molecule is N[C@@H](CCC(=O)N[C@@H](CS)C(=O)N[C@@H](CCC(=O)N[C@@H](CS)C(=O)N[C@@H](CCC(=O)N[C@@H](CS)C(=O)N[C@@H](CCC(=O)N[C@@H](CS)C(=O)N[C@@H](CCC(=O)N[C@@H](CS)C(=O)N[C@@H](CCC(=O)N[C@@H](CS)C(=O)NCC(=O)O)C(=O)O)C(=O)O)C(=O)O)C(=O)O)C(=O)O)C(=O)O. The smallest absolute Gasteiger partial charge is 0.326 e. The second-order valence-electron chi connectivity index (χ2n) is 20.1. The standard InChI is InChI=1S/C50H77N13O26S6/c51-20(45(78)79)1-7-32(64)54-27(15-91)40(73)59-22(47(82)83)3-9-34(66)56-29(17-93)42(75)61-24(49(86)87)5-11-36(68)58-31(19-95)44(77)63-25(50(88)89)6-12-37(69)57-30(18-94)43(76)62-23(48(84)85)4-10-35(67)55-28(16-92)41(74)60-21(46(80)81)2-8-33(65)53-26(14-90)39(72)52-13-38(70)71/h20-31,90-95H,1-19,51H2,(H,52,72)(H,53,65)(H,54,64)(H,55,67)(H,56,66)(H,57,69)(H,58,68)(H,59,73)(H,60,74)(H,61,75)(H,62,76)(H,63,77)(H,70,71)(H,78,79)(H,80,81)(H,82,83)(H,84,85)(H,86,87)(H,88,89)/t20-,21-,22-,23-,24-,25-,26-,27-,28-,29-,30-,31-/m0/s1. The number of nitrogens with one attached hydrogen (secondary N) is 12. The molecule has 0 rings (SSSR count). The van der Waals surface area contributed by atoms with Crippen molar-refractivity contribution in [3.05, 3.63) is 0 Å². The van der Waals surface area contributed by atoms with Crippen molar-refractivity contribution in [2.24, 2.45) is 5.73 Å². The fraction of sp³-hybridized carbons (Fsp3) is 0.620. The summed E-state index contributed by atoms with van der Waals surface area (Å²) in [5, 5.41) is 92.4. The van der Waals surface area contributed by atoms with Gasteiger partial charge in [0, 0.05) is 73.0 Å². The van der Waals surface area contributed by atoms with Crippen molar-refractivity contribution in [3.63, 3.8) is 0 Å². The molecule has 0 heterocycles. The minimum absolute atomic E-state index is 0.263. The molecule has 45 heteroatoms. The molecule has 0 aliphatic carbocycles. The van der Waals surface area contributed by atoms with Crippen LogP contribution >= 0.6 is 75.8 Å². The zero-order valence-electron chi connectivity index (χ0n) is 50.0. The molecule has 0 saturated heterocycles. The fourth-order valence-electron chi connectivity index (χ4n) is 7.49. The molecule has 12 amide bonds. The van der Waals surface area contributed by atoms with Gasteiger partial charge in [0.05, 0.1) is 0 Å². The van der Waals surface area contributed by atoms with E-state index in [9.17, 15) is 117 Å². The lowest BCUT2D eigenvalue weighted by molar-refractivity contribution is -0.143. The van der Waals surface area contributed by atoms with Gasteiger partial charge >= 0.3 is 41.8 Å². The van der Waals surface area contributed by atoms with Gasteiger partial charge in [-0.25, -0.2) is 24.0 Å². The lowest BCUT2D eigenvalue weighted by atomic mass is 10.1. The largest absolute Gasteiger partial charge is 0.480 e. The van der Waals surface area contributed by atoms with Crippen LogP contribution in [0.25, 0.3) is 0 Å². The molecule has 0 aliphatic rings. The Morgan fingerprint density at radius 3 is 0.589 bits per heavy atom. The molecule has 0 fully saturated rings. The summed E-state index contributed by atoms with van der Waals surface area (Å²) >= 11 is 23.8. The Balaban J connectivity index is 5.46. The molecule has 0 spiro atoms. The summed E-state index contributed by atoms with van der Waals surface area (Å²) in [7, 11) is 0. The molecule has 0 aromatic rings. The van der Waals surface area contributed by atoms with Crippen molar-refractivity contribution in [2.45, 2.75) is 150 Å². The number of amides is 12. The molecule has 534 valence electrons. The third kappa shape index (κ3) is 35.4. The monoisotopic (exact) mass is 1470 g/mol. The van der Waals surface area contributed by atoms with E-state index in [2.05, 4.69) is 134 Å². The number of hydrogen-bond acceptors (Lipinski definition) is 26. The average molecular weight is 1470 g/mol. The third-order valence-electron chi connectivity index (χ3n) is 12.8. The van der Waals surface area contributed by atoms with Crippen molar-refractivity contribution in [1.82, 2.24) is 63.8 Å². The van der Waals surface area contributed by atoms with Gasteiger partial charge in [0.25, 0.3) is 0 Å². The first-order valence-corrected chi connectivity index (χ1v) is 31.8. The van der Waals surface area contributed by atoms with Crippen LogP contribution in [0.2, 0.25) is 0 Å². The highest BCUT2D eigenvalue weighted by Gasteiger charge is 2.34. The second-order valence-corrected chi connectivity index (χ2v) is 22.3. The molecule has 0 bridgehead atoms. The number of carboxylic acids is 7. The minimum Gasteiger partial charge on any atom is -0.480 e. The number of carbonyl (C=O) groups excluding carboxylic acids is 12. The van der Waals surface area contributed by atoms with Crippen molar-refractivity contribution >= 4 is 188 Å². The molecule has 0 aromatic heterocycles. The lowest BCUT2D eigenvalue weighted by Crippen LogP contribution is -2.54. The van der Waals surface area contributed by atoms with Crippen molar-refractivity contribution < 1.29 is 127 Å². The Bertz CT molecular complexity index is 2800. The highest BCUT2D eigenvalue weighted by Crippen LogP contribution is 2.09. The van der Waals surface area contributed by atoms with Crippen LogP contribution in [0.15, 0.2) is 0 Å². The molecule has 0 aliphatic heterocycles. The van der Waals surface area contributed by atoms with E-state index in [-0.39, 0.29) is 17.9 Å². The van der Waals surface area contributed by atoms with Crippen LogP contribution in [0.4, 0.5) is 0 Å². The maximum atomic E-state index is 13.2. The molecule has 0 aromatic carbocycles. The number of rotatable bonds is 49. The number of carboxylic acid groups (broad SMARTS) is 7. The van der Waals surface area contributed by atoms with Gasteiger partial charge in [0.2, 0.25) is 70.9 Å². The maximum Gasteiger partial charge on any atom is 0.326 e. The number of aliphatic carboxylic acids is 7. The summed E-state index contributed by atoms with van der Waals surface area (Å²) in [6.45, 7) is -0.759. The Morgan fingerprint density at radius 1 is 0.253 bits per heavy atom. The zero-order valence-corrected chi connectivity index (χ0v) is 55.4. The molecule has 12 atom stereocenters. The quantitative estimate of drug-likeness (QED) is 0.0252. The topological polar surface area (TPSA) is 636 Å². The van der Waals surface area contributed by atoms with Crippen LogP contribution in [0.1, 0.15) is 77.0 Å². The summed E-state index contributed by atoms with van der Waals surface area (Å²) in [5.74, 6) is -25.5. The number of hydrogen-bond donors (Lipinski definition) is 26. The first-order chi connectivity index (χ1) is 44.5. The van der Waals surface area contributed by atoms with Gasteiger partial charge in [-0.2, -0.15) is 75.8 Å². The van der Waals surface area contributed by atoms with Gasteiger partial charge in [-0.1, -0.05) is 0 Å². The average Bonchev–Trinajstić information content (AvgIpc) is 1.58. The fourth-order valence-corrected chi connectivity index (χ4v) is 9.03. The van der Waals surface area contributed by atoms with Gasteiger partial charge in [-0.05, 0) is 38.5 Å². The predicted molar refractivity (Wildman–Crippen MR) is 344 cm³/mol. The summed E-state index contributed by atoms with van der Waals surface area (Å²) in [4.78, 5) is 235. The Labute approximate surface area is 572 Å². The van der Waals surface area contributed by atoms with E-state index in [1.165, 1.54) is 0 Å². The van der Waals surface area contributed by atoms with E-state index < -0.39 is 285 Å². The predicted octanol–water partition coefficient (Wildman–Crippen LogP) is -8.39. The normalized spacial score (nSPS) is 14.6. The zero-order chi connectivity index (χ0) is 72.8. The van der Waals surface area contributed by atoms with E-state index in [0.29, 0.717) is 0 Å². The Hall–Kier alpha value is -8.01. The minimum atomic E-state index is -1.84. The second kappa shape index (κ2) is 46.2. The van der Waals surface area contributed by atoms with Crippen LogP contribution in [0, 0.1) is 0 Å². The number of nitrogens with two attached hydrogens (primary N) is 1. The Kier molecular flexibility index (Phi) is 42.3. The number of carbonyl (C=O) groups is 19. The molecule has 95 heavy (non-hydrogen) atoms. The molecule has 0 radical (unpaired) electrons. The van der Waals surface area contributed by atoms with Gasteiger partial charge in [0.1, 0.15) is 79.0 Å². The summed E-state index contributed by atoms with van der Waals surface area (Å²) in [6.07, 6.45) is -7.03. The highest BCUT2D eigenvalue weighted by atomic mass is 32.1. The van der Waals surface area contributed by atoms with Crippen LogP contribution in [0.5, 0.6) is 0 Å². The molecule has 0 saturated carbocycles. The van der Waals surface area contributed by atoms with Gasteiger partial charge in [-0.15, -0.1) is 0 Å². The first-order valence-electron chi connectivity index (χ1n) is 28.0. The number of thiol groups is 6. The molecule has 39 nitrogen and oxygen atoms in total. The molecule has 21 N–H and O–H groups in total. The molecular weight excluding hydrogens is 1390 g/mol. The summed E-state index contributed by atoms with van der Waals surface area (Å²) in [5.41, 5.74) is 5.36. The van der Waals surface area contributed by atoms with E-state index >= 15 is 0 Å². The first kappa shape index (κ1) is 87.0. The van der Waals surface area contributed by atoms with Crippen LogP contribution in [-0.2, 0) is 91.1 Å². The van der Waals surface area contributed by atoms with Crippen molar-refractivity contribution in [3.8, 4) is 0 Å². The van der Waals surface area contributed by atoms with Crippen LogP contribution in [0.3, 0.4) is 0 Å². The van der Waals surface area contributed by atoms with Crippen molar-refractivity contribution in [2.75, 3.05) is 41.1 Å². The van der Waals surface area contributed by atoms with E-state index in [0.717, 1.165) is 0 Å². The summed E-state index contributed by atoms with van der Waals surface area (Å²) < 4.78 is 0. The van der Waals surface area contributed by atoms with Gasteiger partial charge < -0.3 is 105 Å². The molecular formula is C50H77N13O26S6. The van der Waals surface area contributed by atoms with Crippen LogP contribution < -0.4 is 69.5 Å². The third-order valence-corrected chi connectivity index (χ3v) is 15.0. The molecule has 0 unspecified atom stereocenters. The van der Waals surface area contributed by atoms with Crippen LogP contribution in [-0.4, -0.2) is 262 Å². The van der Waals surface area contributed by atoms with E-state index in [4.69, 9.17) is 15.9 Å². The van der Waals surface area contributed by atoms with E-state index in [1.807, 2.05) is 5.32 Å². The van der Waals surface area contributed by atoms with Gasteiger partial charge in [-0.3, -0.25) is 67.1 Å². The van der Waals surface area contributed by atoms with Gasteiger partial charge in [0.15, 0.2) is 0 Å². The van der Waals surface area contributed by atoms with E-state index in [1.54, 1.807) is 0 Å². The highest BCUT2D eigenvalue weighted by molar-refractivity contribution is 7.81. The van der Waals surface area contributed by atoms with Crippen molar-refractivity contribution in [1.29, 1.82) is 0 Å². The Morgan fingerprint density at radius 2 is 0.432 bits per heavy atom.